The van der Waals surface area contributed by atoms with Crippen molar-refractivity contribution in [3.63, 3.8) is 0 Å². The summed E-state index contributed by atoms with van der Waals surface area (Å²) in [5, 5.41) is 0.643. The van der Waals surface area contributed by atoms with Gasteiger partial charge in [-0.05, 0) is 49.2 Å². The van der Waals surface area contributed by atoms with Crippen molar-refractivity contribution in [2.45, 2.75) is 20.4 Å². The van der Waals surface area contributed by atoms with Gasteiger partial charge in [-0.25, -0.2) is 9.37 Å². The lowest BCUT2D eigenvalue weighted by Crippen LogP contribution is -2.15. The van der Waals surface area contributed by atoms with Crippen LogP contribution in [0.15, 0.2) is 41.2 Å². The standard InChI is InChI=1S/C10H11N3O.C7H8FN/c1-6-3-2-4-7-9(6)10(14)13-8(5-11)12-7;1-5-4-6(8)2-3-7(5)9/h2-4H,5,11H2,1H3,(H,12,13,14);2-4H,9H2,1H3. The van der Waals surface area contributed by atoms with Crippen molar-refractivity contribution in [3.8, 4) is 0 Å². The SMILES string of the molecule is Cc1cc(F)ccc1N.Cc1cccc2nc(CN)[nH]c(=O)c12. The fourth-order valence-electron chi connectivity index (χ4n) is 2.14. The lowest BCUT2D eigenvalue weighted by atomic mass is 10.1. The van der Waals surface area contributed by atoms with Crippen LogP contribution in [-0.2, 0) is 6.54 Å². The molecule has 0 saturated heterocycles. The largest absolute Gasteiger partial charge is 0.399 e. The number of nitrogens with one attached hydrogen (secondary N) is 1. The van der Waals surface area contributed by atoms with Crippen LogP contribution in [0.5, 0.6) is 0 Å². The van der Waals surface area contributed by atoms with E-state index in [1.54, 1.807) is 13.0 Å². The average molecular weight is 314 g/mol. The van der Waals surface area contributed by atoms with Crippen LogP contribution >= 0.6 is 0 Å². The maximum Gasteiger partial charge on any atom is 0.259 e. The van der Waals surface area contributed by atoms with Crippen LogP contribution in [-0.4, -0.2) is 9.97 Å². The van der Waals surface area contributed by atoms with E-state index >= 15 is 0 Å². The Hall–Kier alpha value is -2.73. The highest BCUT2D eigenvalue weighted by Gasteiger charge is 2.04. The molecule has 3 aromatic rings. The van der Waals surface area contributed by atoms with Crippen molar-refractivity contribution in [1.29, 1.82) is 0 Å². The van der Waals surface area contributed by atoms with Crippen molar-refractivity contribution < 1.29 is 4.39 Å². The summed E-state index contributed by atoms with van der Waals surface area (Å²) >= 11 is 0. The first-order valence-corrected chi connectivity index (χ1v) is 7.12. The predicted molar refractivity (Wildman–Crippen MR) is 90.5 cm³/mol. The minimum atomic E-state index is -0.235. The number of anilines is 1. The Labute approximate surface area is 133 Å². The molecule has 0 saturated carbocycles. The van der Waals surface area contributed by atoms with Crippen molar-refractivity contribution >= 4 is 16.6 Å². The minimum absolute atomic E-state index is 0.117. The fraction of sp³-hybridized carbons (Fsp3) is 0.176. The molecule has 6 heteroatoms. The van der Waals surface area contributed by atoms with Crippen molar-refractivity contribution in [3.05, 3.63) is 69.5 Å². The van der Waals surface area contributed by atoms with Crippen LogP contribution in [0.25, 0.3) is 10.9 Å². The first kappa shape index (κ1) is 16.6. The molecule has 0 unspecified atom stereocenters. The molecule has 0 aliphatic carbocycles. The van der Waals surface area contributed by atoms with Gasteiger partial charge in [-0.1, -0.05) is 12.1 Å². The molecule has 3 rings (SSSR count). The van der Waals surface area contributed by atoms with Crippen molar-refractivity contribution in [1.82, 2.24) is 9.97 Å². The molecule has 1 aromatic heterocycles. The van der Waals surface area contributed by atoms with Crippen molar-refractivity contribution in [2.24, 2.45) is 5.73 Å². The minimum Gasteiger partial charge on any atom is -0.399 e. The van der Waals surface area contributed by atoms with Crippen LogP contribution in [0.2, 0.25) is 0 Å². The fourth-order valence-corrected chi connectivity index (χ4v) is 2.14. The van der Waals surface area contributed by atoms with Crippen LogP contribution in [0.3, 0.4) is 0 Å². The molecular weight excluding hydrogens is 295 g/mol. The van der Waals surface area contributed by atoms with Gasteiger partial charge >= 0.3 is 0 Å². The summed E-state index contributed by atoms with van der Waals surface area (Å²) in [6.45, 7) is 3.92. The summed E-state index contributed by atoms with van der Waals surface area (Å²) < 4.78 is 12.3. The molecule has 2 aromatic carbocycles. The molecule has 5 nitrogen and oxygen atoms in total. The second-order valence-corrected chi connectivity index (χ2v) is 5.19. The van der Waals surface area contributed by atoms with E-state index in [0.29, 0.717) is 22.4 Å². The topological polar surface area (TPSA) is 97.8 Å². The quantitative estimate of drug-likeness (QED) is 0.601. The Balaban J connectivity index is 0.000000185. The second kappa shape index (κ2) is 7.02. The number of rotatable bonds is 1. The zero-order chi connectivity index (χ0) is 17.0. The maximum atomic E-state index is 12.3. The second-order valence-electron chi connectivity index (χ2n) is 5.19. The Morgan fingerprint density at radius 1 is 1.17 bits per heavy atom. The summed E-state index contributed by atoms with van der Waals surface area (Å²) in [7, 11) is 0. The third-order valence-corrected chi connectivity index (χ3v) is 3.42. The van der Waals surface area contributed by atoms with E-state index in [4.69, 9.17) is 11.5 Å². The zero-order valence-electron chi connectivity index (χ0n) is 13.1. The molecule has 23 heavy (non-hydrogen) atoms. The molecule has 0 atom stereocenters. The number of H-pyrrole nitrogens is 1. The Bertz CT molecular complexity index is 889. The summed E-state index contributed by atoms with van der Waals surface area (Å²) in [6, 6.07) is 9.91. The highest BCUT2D eigenvalue weighted by molar-refractivity contribution is 5.80. The van der Waals surface area contributed by atoms with Gasteiger partial charge in [0.25, 0.3) is 5.56 Å². The molecule has 0 fully saturated rings. The number of nitrogens with two attached hydrogens (primary N) is 2. The van der Waals surface area contributed by atoms with Gasteiger partial charge in [0, 0.05) is 5.69 Å². The lowest BCUT2D eigenvalue weighted by Gasteiger charge is -2.02. The summed E-state index contributed by atoms with van der Waals surface area (Å²) in [6.07, 6.45) is 0. The first-order valence-electron chi connectivity index (χ1n) is 7.12. The van der Waals surface area contributed by atoms with Gasteiger partial charge in [-0.2, -0.15) is 0 Å². The average Bonchev–Trinajstić information content (AvgIpc) is 2.51. The number of nitrogen functional groups attached to an aromatic ring is 1. The van der Waals surface area contributed by atoms with Crippen LogP contribution < -0.4 is 17.0 Å². The molecule has 0 aliphatic rings. The molecule has 1 heterocycles. The van der Waals surface area contributed by atoms with E-state index in [-0.39, 0.29) is 17.9 Å². The number of aromatic nitrogens is 2. The summed E-state index contributed by atoms with van der Waals surface area (Å²) in [4.78, 5) is 18.5. The zero-order valence-corrected chi connectivity index (χ0v) is 13.1. The molecule has 5 N–H and O–H groups in total. The van der Waals surface area contributed by atoms with E-state index in [9.17, 15) is 9.18 Å². The third-order valence-electron chi connectivity index (χ3n) is 3.42. The number of aryl methyl sites for hydroxylation is 2. The van der Waals surface area contributed by atoms with Gasteiger partial charge in [-0.15, -0.1) is 0 Å². The number of hydrogen-bond acceptors (Lipinski definition) is 4. The van der Waals surface area contributed by atoms with Crippen LogP contribution in [0.1, 0.15) is 17.0 Å². The summed E-state index contributed by atoms with van der Waals surface area (Å²) in [5.41, 5.74) is 13.8. The van der Waals surface area contributed by atoms with E-state index in [2.05, 4.69) is 9.97 Å². The molecule has 0 spiro atoms. The number of nitrogens with zero attached hydrogens (tertiary/aromatic N) is 1. The van der Waals surface area contributed by atoms with Crippen LogP contribution in [0.4, 0.5) is 10.1 Å². The molecule has 0 amide bonds. The van der Waals surface area contributed by atoms with Gasteiger partial charge in [0.2, 0.25) is 0 Å². The normalized spacial score (nSPS) is 10.3. The van der Waals surface area contributed by atoms with Gasteiger partial charge in [0.05, 0.1) is 17.4 Å². The maximum absolute atomic E-state index is 12.3. The van der Waals surface area contributed by atoms with E-state index in [0.717, 1.165) is 11.1 Å². The molecule has 0 radical (unpaired) electrons. The Morgan fingerprint density at radius 2 is 1.91 bits per heavy atom. The monoisotopic (exact) mass is 314 g/mol. The Kier molecular flexibility index (Phi) is 5.08. The van der Waals surface area contributed by atoms with Crippen molar-refractivity contribution in [2.75, 3.05) is 5.73 Å². The van der Waals surface area contributed by atoms with Gasteiger partial charge in [0.1, 0.15) is 11.6 Å². The summed E-state index contributed by atoms with van der Waals surface area (Å²) in [5.74, 6) is 0.287. The third kappa shape index (κ3) is 3.92. The highest BCUT2D eigenvalue weighted by atomic mass is 19.1. The Morgan fingerprint density at radius 3 is 2.52 bits per heavy atom. The first-order chi connectivity index (χ1) is 10.9. The molecular formula is C17H19FN4O. The highest BCUT2D eigenvalue weighted by Crippen LogP contribution is 2.11. The number of aromatic amines is 1. The molecule has 0 aliphatic heterocycles. The number of halogens is 1. The van der Waals surface area contributed by atoms with Gasteiger partial charge < -0.3 is 16.5 Å². The van der Waals surface area contributed by atoms with E-state index in [1.807, 2.05) is 25.1 Å². The molecule has 0 bridgehead atoms. The van der Waals surface area contributed by atoms with E-state index < -0.39 is 0 Å². The predicted octanol–water partition coefficient (Wildman–Crippen LogP) is 2.41. The lowest BCUT2D eigenvalue weighted by molar-refractivity contribution is 0.627. The molecule has 120 valence electrons. The van der Waals surface area contributed by atoms with Gasteiger partial charge in [-0.3, -0.25) is 4.79 Å². The number of benzene rings is 2. The number of fused-ring (bicyclic) bond motifs is 1. The van der Waals surface area contributed by atoms with Crippen LogP contribution in [0, 0.1) is 19.7 Å². The van der Waals surface area contributed by atoms with Gasteiger partial charge in [0.15, 0.2) is 0 Å². The van der Waals surface area contributed by atoms with E-state index in [1.165, 1.54) is 12.1 Å². The smallest absolute Gasteiger partial charge is 0.259 e. The number of hydrogen-bond donors (Lipinski definition) is 3.